The predicted molar refractivity (Wildman–Crippen MR) is 167 cm³/mol. The number of amides is 1. The number of nitrogens with zero attached hydrogens (tertiary/aromatic N) is 6. The minimum atomic E-state index is -0.505. The van der Waals surface area contributed by atoms with Gasteiger partial charge in [0.25, 0.3) is 0 Å². The first-order valence-corrected chi connectivity index (χ1v) is 13.9. The maximum absolute atomic E-state index is 14.0. The summed E-state index contributed by atoms with van der Waals surface area (Å²) < 4.78 is 15.2. The quantitative estimate of drug-likeness (QED) is 0.253. The molecule has 0 aliphatic carbocycles. The molecule has 5 rings (SSSR count). The summed E-state index contributed by atoms with van der Waals surface area (Å²) in [5.41, 5.74) is 3.10. The van der Waals surface area contributed by atoms with E-state index in [9.17, 15) is 14.0 Å². The number of carbonyl (C=O) groups excluding carboxylic acids is 1. The maximum atomic E-state index is 14.0. The Morgan fingerprint density at radius 3 is 2.45 bits per heavy atom. The zero-order valence-electron chi connectivity index (χ0n) is 23.7. The molecule has 0 spiro atoms. The van der Waals surface area contributed by atoms with Crippen molar-refractivity contribution < 1.29 is 9.18 Å². The number of hydrogen-bond acceptors (Lipinski definition) is 6. The van der Waals surface area contributed by atoms with Crippen molar-refractivity contribution in [2.75, 3.05) is 18.0 Å². The van der Waals surface area contributed by atoms with E-state index < -0.39 is 5.69 Å². The fraction of sp³-hybridized carbons (Fsp3) is 0.344. The van der Waals surface area contributed by atoms with E-state index in [1.807, 2.05) is 45.6 Å². The molecule has 1 saturated heterocycles. The second-order valence-electron chi connectivity index (χ2n) is 10.8. The lowest BCUT2D eigenvalue weighted by molar-refractivity contribution is -0.128. The van der Waals surface area contributed by atoms with E-state index in [1.165, 1.54) is 22.8 Å². The maximum Gasteiger partial charge on any atom is 0.355 e. The number of benzene rings is 1. The zero-order chi connectivity index (χ0) is 29.6. The molecule has 4 heterocycles. The molecular weight excluding hydrogens is 555 g/mol. The van der Waals surface area contributed by atoms with Crippen LogP contribution < -0.4 is 10.6 Å². The molecule has 1 fully saturated rings. The second-order valence-corrected chi connectivity index (χ2v) is 11.2. The van der Waals surface area contributed by atoms with Gasteiger partial charge in [-0.15, -0.1) is 0 Å². The minimum Gasteiger partial charge on any atom is -0.349 e. The summed E-state index contributed by atoms with van der Waals surface area (Å²) >= 11 is 6.82. The van der Waals surface area contributed by atoms with Crippen LogP contribution in [0, 0.1) is 12.7 Å². The van der Waals surface area contributed by atoms with E-state index in [0.717, 1.165) is 11.3 Å². The summed E-state index contributed by atoms with van der Waals surface area (Å²) in [5.74, 6) is -0.0521. The summed E-state index contributed by atoms with van der Waals surface area (Å²) in [6.07, 6.45) is 3.04. The van der Waals surface area contributed by atoms with E-state index in [4.69, 9.17) is 16.6 Å². The number of anilines is 1. The number of piperazine rings is 1. The van der Waals surface area contributed by atoms with Crippen molar-refractivity contribution in [3.8, 4) is 16.9 Å². The van der Waals surface area contributed by atoms with E-state index >= 15 is 0 Å². The van der Waals surface area contributed by atoms with Crippen LogP contribution in [0.1, 0.15) is 52.3 Å². The number of pyridine rings is 2. The number of carbonyl (C=O) groups is 1. The monoisotopic (exact) mass is 590 g/mol. The molecule has 0 bridgehead atoms. The highest BCUT2D eigenvalue weighted by atomic mass is 35.5. The fourth-order valence-electron chi connectivity index (χ4n) is 5.47. The van der Waals surface area contributed by atoms with Crippen molar-refractivity contribution in [3.63, 3.8) is 0 Å². The Morgan fingerprint density at radius 1 is 1.12 bits per heavy atom. The van der Waals surface area contributed by atoms with Crippen molar-refractivity contribution in [1.29, 1.82) is 0 Å². The van der Waals surface area contributed by atoms with E-state index in [1.54, 1.807) is 29.3 Å². The van der Waals surface area contributed by atoms with Gasteiger partial charge >= 0.3 is 5.69 Å². The van der Waals surface area contributed by atoms with Gasteiger partial charge in [-0.3, -0.25) is 9.78 Å². The Bertz CT molecular complexity index is 1720. The van der Waals surface area contributed by atoms with Crippen LogP contribution in [-0.4, -0.2) is 55.5 Å². The molecular formula is C32H36ClFN6O2. The molecule has 0 saturated carbocycles. The summed E-state index contributed by atoms with van der Waals surface area (Å²) in [5, 5.41) is 0.923. The zero-order valence-corrected chi connectivity index (χ0v) is 24.5. The number of halogens is 2. The van der Waals surface area contributed by atoms with Crippen LogP contribution >= 0.6 is 11.6 Å². The van der Waals surface area contributed by atoms with Gasteiger partial charge in [0, 0.05) is 36.9 Å². The average molecular weight is 591 g/mol. The van der Waals surface area contributed by atoms with Gasteiger partial charge < -0.3 is 9.80 Å². The molecule has 4 aromatic rings. The van der Waals surface area contributed by atoms with Gasteiger partial charge in [-0.25, -0.2) is 18.7 Å². The molecule has 42 heavy (non-hydrogen) atoms. The summed E-state index contributed by atoms with van der Waals surface area (Å²) in [6.45, 7) is 14.4. The summed E-state index contributed by atoms with van der Waals surface area (Å²) in [7, 11) is 0. The highest BCUT2D eigenvalue weighted by Gasteiger charge is 2.34. The molecule has 0 N–H and O–H groups in total. The van der Waals surface area contributed by atoms with Crippen LogP contribution in [0.4, 0.5) is 10.2 Å². The topological polar surface area (TPSA) is 84.2 Å². The summed E-state index contributed by atoms with van der Waals surface area (Å²) in [4.78, 5) is 44.4. The number of rotatable bonds is 5. The van der Waals surface area contributed by atoms with Crippen LogP contribution in [0.15, 0.2) is 60.0 Å². The van der Waals surface area contributed by atoms with Gasteiger partial charge in [-0.2, -0.15) is 4.98 Å². The lowest BCUT2D eigenvalue weighted by atomic mass is 10.0. The molecule has 220 valence electrons. The van der Waals surface area contributed by atoms with Crippen LogP contribution in [-0.2, 0) is 4.79 Å². The van der Waals surface area contributed by atoms with Gasteiger partial charge in [-0.1, -0.05) is 39.5 Å². The van der Waals surface area contributed by atoms with Crippen molar-refractivity contribution in [2.24, 2.45) is 0 Å². The largest absolute Gasteiger partial charge is 0.355 e. The molecule has 8 nitrogen and oxygen atoms in total. The van der Waals surface area contributed by atoms with Gasteiger partial charge in [-0.05, 0) is 74.7 Å². The van der Waals surface area contributed by atoms with Gasteiger partial charge in [0.15, 0.2) is 5.65 Å². The molecule has 1 aliphatic rings. The standard InChI is InChI=1S/C31H32ClFN6O2.CH4/c1-7-25(40)37-15-20(6)38(16-19(37)5)29-23-14-24(32)27(21-8-10-22(33)11-9-21)35-30(23)39(31(41)36-29)28-18(4)12-13-34-26(28)17(2)3;/h7-14,17,19-20H,1,15-16H2,2-6H3;1H4/t19-,20+;/m1./s1. The third-order valence-electron chi connectivity index (χ3n) is 7.56. The first-order valence-electron chi connectivity index (χ1n) is 13.6. The van der Waals surface area contributed by atoms with Crippen LogP contribution in [0.5, 0.6) is 0 Å². The molecule has 10 heteroatoms. The number of hydrogen-bond donors (Lipinski definition) is 0. The van der Waals surface area contributed by atoms with Gasteiger partial charge in [0.1, 0.15) is 11.6 Å². The van der Waals surface area contributed by atoms with E-state index in [2.05, 4.69) is 16.5 Å². The van der Waals surface area contributed by atoms with Crippen LogP contribution in [0.25, 0.3) is 28.0 Å². The first kappa shape index (κ1) is 30.8. The van der Waals surface area contributed by atoms with E-state index in [0.29, 0.717) is 51.9 Å². The van der Waals surface area contributed by atoms with Gasteiger partial charge in [0.05, 0.1) is 27.5 Å². The molecule has 2 atom stereocenters. The molecule has 0 unspecified atom stereocenters. The summed E-state index contributed by atoms with van der Waals surface area (Å²) in [6, 6.07) is 9.22. The van der Waals surface area contributed by atoms with Crippen LogP contribution in [0.3, 0.4) is 0 Å². The third kappa shape index (κ3) is 5.41. The van der Waals surface area contributed by atoms with Crippen molar-refractivity contribution in [2.45, 2.75) is 60.0 Å². The Labute approximate surface area is 250 Å². The lowest BCUT2D eigenvalue weighted by Crippen LogP contribution is -2.58. The predicted octanol–water partition coefficient (Wildman–Crippen LogP) is 6.31. The molecule has 1 aromatic carbocycles. The second kappa shape index (κ2) is 12.0. The third-order valence-corrected chi connectivity index (χ3v) is 7.85. The van der Waals surface area contributed by atoms with Gasteiger partial charge in [0.2, 0.25) is 5.91 Å². The molecule has 0 radical (unpaired) electrons. The molecule has 3 aromatic heterocycles. The van der Waals surface area contributed by atoms with E-state index in [-0.39, 0.29) is 37.2 Å². The number of aryl methyl sites for hydroxylation is 1. The normalized spacial score (nSPS) is 17.0. The number of aromatic nitrogens is 4. The van der Waals surface area contributed by atoms with Crippen molar-refractivity contribution in [1.82, 2.24) is 24.4 Å². The smallest absolute Gasteiger partial charge is 0.349 e. The lowest BCUT2D eigenvalue weighted by Gasteiger charge is -2.44. The Kier molecular flexibility index (Phi) is 8.82. The molecule has 1 aliphatic heterocycles. The Balaban J connectivity index is 0.00000405. The number of fused-ring (bicyclic) bond motifs is 1. The Morgan fingerprint density at radius 2 is 1.81 bits per heavy atom. The SMILES string of the molecule is C.C=CC(=O)N1C[C@H](C)N(c2nc(=O)n(-c3c(C)ccnc3C(C)C)c3nc(-c4ccc(F)cc4)c(Cl)cc23)C[C@H]1C. The minimum absolute atomic E-state index is 0. The molecule has 1 amide bonds. The highest BCUT2D eigenvalue weighted by molar-refractivity contribution is 6.33. The van der Waals surface area contributed by atoms with Crippen molar-refractivity contribution >= 4 is 34.4 Å². The average Bonchev–Trinajstić information content (AvgIpc) is 2.94. The van der Waals surface area contributed by atoms with Crippen LogP contribution in [0.2, 0.25) is 5.02 Å². The first-order chi connectivity index (χ1) is 19.5. The van der Waals surface area contributed by atoms with Crippen molar-refractivity contribution in [3.05, 3.63) is 87.8 Å². The fourth-order valence-corrected chi connectivity index (χ4v) is 5.73. The highest BCUT2D eigenvalue weighted by Crippen LogP contribution is 2.36. The Hall–Kier alpha value is -4.11.